The Hall–Kier alpha value is -2.65. The van der Waals surface area contributed by atoms with Crippen molar-refractivity contribution in [1.82, 2.24) is 9.88 Å². The minimum Gasteiger partial charge on any atom is -0.454 e. The van der Waals surface area contributed by atoms with Gasteiger partial charge in [0.05, 0.1) is 11.6 Å². The standard InChI is InChI=1S/C22H26N4O4S/c1-14-4-6-25(7-5-14)11-16-12-31-22(23-16)24-21(28)15-8-20(27)26(10-15)17-2-3-18-19(9-17)30-13-29-18/h2-3,9,12,14-15H,4-8,10-11,13H2,1H3,(H,23,24,28). The first-order valence-corrected chi connectivity index (χ1v) is 11.6. The monoisotopic (exact) mass is 442 g/mol. The van der Waals surface area contributed by atoms with Crippen LogP contribution >= 0.6 is 11.3 Å². The fourth-order valence-corrected chi connectivity index (χ4v) is 4.98. The van der Waals surface area contributed by atoms with Crippen molar-refractivity contribution >= 4 is 34.0 Å². The highest BCUT2D eigenvalue weighted by Crippen LogP contribution is 2.37. The maximum atomic E-state index is 12.8. The lowest BCUT2D eigenvalue weighted by Crippen LogP contribution is -2.32. The van der Waals surface area contributed by atoms with Gasteiger partial charge in [-0.15, -0.1) is 11.3 Å². The minimum absolute atomic E-state index is 0.0711. The van der Waals surface area contributed by atoms with E-state index in [1.54, 1.807) is 17.0 Å². The van der Waals surface area contributed by atoms with Crippen LogP contribution < -0.4 is 19.7 Å². The molecule has 0 bridgehead atoms. The Morgan fingerprint density at radius 1 is 1.26 bits per heavy atom. The third kappa shape index (κ3) is 4.38. The first kappa shape index (κ1) is 20.3. The number of ether oxygens (including phenoxy) is 2. The molecule has 1 aromatic heterocycles. The number of nitrogens with zero attached hydrogens (tertiary/aromatic N) is 3. The van der Waals surface area contributed by atoms with Crippen molar-refractivity contribution < 1.29 is 19.1 Å². The molecule has 0 saturated carbocycles. The summed E-state index contributed by atoms with van der Waals surface area (Å²) < 4.78 is 10.7. The Bertz CT molecular complexity index is 986. The first-order chi connectivity index (χ1) is 15.0. The van der Waals surface area contributed by atoms with Gasteiger partial charge in [0.1, 0.15) is 0 Å². The van der Waals surface area contributed by atoms with E-state index in [4.69, 9.17) is 9.47 Å². The molecule has 3 aliphatic heterocycles. The van der Waals surface area contributed by atoms with Crippen LogP contribution in [0, 0.1) is 11.8 Å². The second-order valence-corrected chi connectivity index (χ2v) is 9.39. The van der Waals surface area contributed by atoms with E-state index >= 15 is 0 Å². The summed E-state index contributed by atoms with van der Waals surface area (Å²) in [6.07, 6.45) is 2.64. The molecule has 0 spiro atoms. The predicted octanol–water partition coefficient (Wildman–Crippen LogP) is 3.10. The number of benzene rings is 1. The average molecular weight is 443 g/mol. The lowest BCUT2D eigenvalue weighted by Gasteiger charge is -2.29. The summed E-state index contributed by atoms with van der Waals surface area (Å²) in [7, 11) is 0. The summed E-state index contributed by atoms with van der Waals surface area (Å²) in [5.41, 5.74) is 1.70. The van der Waals surface area contributed by atoms with E-state index in [2.05, 4.69) is 22.1 Å². The van der Waals surface area contributed by atoms with Crippen molar-refractivity contribution in [2.24, 2.45) is 11.8 Å². The molecule has 3 aliphatic rings. The van der Waals surface area contributed by atoms with Crippen molar-refractivity contribution in [2.75, 3.05) is 36.6 Å². The topological polar surface area (TPSA) is 84.0 Å². The molecule has 1 N–H and O–H groups in total. The zero-order chi connectivity index (χ0) is 21.4. The van der Waals surface area contributed by atoms with Gasteiger partial charge < -0.3 is 19.7 Å². The Kier molecular flexibility index (Phi) is 5.54. The van der Waals surface area contributed by atoms with E-state index in [0.29, 0.717) is 23.2 Å². The number of aromatic nitrogens is 1. The van der Waals surface area contributed by atoms with Crippen molar-refractivity contribution in [2.45, 2.75) is 32.7 Å². The van der Waals surface area contributed by atoms with Gasteiger partial charge in [0.15, 0.2) is 16.6 Å². The highest BCUT2D eigenvalue weighted by Gasteiger charge is 2.36. The van der Waals surface area contributed by atoms with Gasteiger partial charge in [0.2, 0.25) is 18.6 Å². The van der Waals surface area contributed by atoms with Crippen LogP contribution in [-0.4, -0.2) is 48.1 Å². The number of hydrogen-bond donors (Lipinski definition) is 1. The van der Waals surface area contributed by atoms with Crippen molar-refractivity contribution in [3.8, 4) is 11.5 Å². The van der Waals surface area contributed by atoms with Gasteiger partial charge in [0.25, 0.3) is 0 Å². The van der Waals surface area contributed by atoms with Crippen LogP contribution in [0.5, 0.6) is 11.5 Å². The number of nitrogens with one attached hydrogen (secondary N) is 1. The maximum Gasteiger partial charge on any atom is 0.231 e. The van der Waals surface area contributed by atoms with Gasteiger partial charge in [0, 0.05) is 36.6 Å². The van der Waals surface area contributed by atoms with Crippen LogP contribution in [-0.2, 0) is 16.1 Å². The Morgan fingerprint density at radius 2 is 2.06 bits per heavy atom. The quantitative estimate of drug-likeness (QED) is 0.766. The van der Waals surface area contributed by atoms with Crippen LogP contribution in [0.25, 0.3) is 0 Å². The molecule has 8 nitrogen and oxygen atoms in total. The van der Waals surface area contributed by atoms with Gasteiger partial charge in [-0.05, 0) is 44.0 Å². The lowest BCUT2D eigenvalue weighted by molar-refractivity contribution is -0.122. The normalized spacial score (nSPS) is 21.6. The molecule has 164 valence electrons. The van der Waals surface area contributed by atoms with Gasteiger partial charge in [-0.25, -0.2) is 4.98 Å². The number of carbonyl (C=O) groups is 2. The van der Waals surface area contributed by atoms with E-state index in [1.807, 2.05) is 11.4 Å². The van der Waals surface area contributed by atoms with Gasteiger partial charge in [-0.2, -0.15) is 0 Å². The summed E-state index contributed by atoms with van der Waals surface area (Å²) in [6, 6.07) is 5.40. The molecule has 4 heterocycles. The van der Waals surface area contributed by atoms with Gasteiger partial charge in [-0.1, -0.05) is 6.92 Å². The highest BCUT2D eigenvalue weighted by atomic mass is 32.1. The van der Waals surface area contributed by atoms with E-state index in [-0.39, 0.29) is 25.0 Å². The molecule has 5 rings (SSSR count). The van der Waals surface area contributed by atoms with Crippen LogP contribution in [0.2, 0.25) is 0 Å². The second-order valence-electron chi connectivity index (χ2n) is 8.53. The highest BCUT2D eigenvalue weighted by molar-refractivity contribution is 7.13. The van der Waals surface area contributed by atoms with Crippen LogP contribution in [0.1, 0.15) is 31.9 Å². The van der Waals surface area contributed by atoms with E-state index < -0.39 is 5.92 Å². The predicted molar refractivity (Wildman–Crippen MR) is 117 cm³/mol. The van der Waals surface area contributed by atoms with E-state index in [1.165, 1.54) is 24.2 Å². The summed E-state index contributed by atoms with van der Waals surface area (Å²) in [5, 5.41) is 5.51. The number of rotatable bonds is 5. The summed E-state index contributed by atoms with van der Waals surface area (Å²) in [4.78, 5) is 34.0. The van der Waals surface area contributed by atoms with Crippen LogP contribution in [0.3, 0.4) is 0 Å². The molecule has 31 heavy (non-hydrogen) atoms. The largest absolute Gasteiger partial charge is 0.454 e. The number of amides is 2. The number of likely N-dealkylation sites (tertiary alicyclic amines) is 1. The van der Waals surface area contributed by atoms with Crippen LogP contribution in [0.15, 0.2) is 23.6 Å². The molecule has 2 aromatic rings. The third-order valence-electron chi connectivity index (χ3n) is 6.21. The fourth-order valence-electron chi connectivity index (χ4n) is 4.28. The van der Waals surface area contributed by atoms with Crippen molar-refractivity contribution in [3.05, 3.63) is 29.3 Å². The SMILES string of the molecule is CC1CCN(Cc2csc(NC(=O)C3CC(=O)N(c4ccc5c(c4)OCO5)C3)n2)CC1. The van der Waals surface area contributed by atoms with Crippen molar-refractivity contribution in [1.29, 1.82) is 0 Å². The smallest absolute Gasteiger partial charge is 0.231 e. The third-order valence-corrected chi connectivity index (χ3v) is 7.01. The molecule has 2 saturated heterocycles. The lowest BCUT2D eigenvalue weighted by atomic mass is 9.99. The van der Waals surface area contributed by atoms with Gasteiger partial charge >= 0.3 is 0 Å². The summed E-state index contributed by atoms with van der Waals surface area (Å²) >= 11 is 1.44. The minimum atomic E-state index is -0.408. The number of hydrogen-bond acceptors (Lipinski definition) is 7. The zero-order valence-corrected chi connectivity index (χ0v) is 18.3. The molecule has 1 aromatic carbocycles. The van der Waals surface area contributed by atoms with Gasteiger partial charge in [-0.3, -0.25) is 14.5 Å². The number of fused-ring (bicyclic) bond motifs is 1. The molecule has 2 amide bonds. The molecule has 9 heteroatoms. The summed E-state index contributed by atoms with van der Waals surface area (Å²) in [6.45, 7) is 5.84. The summed E-state index contributed by atoms with van der Waals surface area (Å²) in [5.74, 6) is 1.45. The fraction of sp³-hybridized carbons (Fsp3) is 0.500. The van der Waals surface area contributed by atoms with E-state index in [9.17, 15) is 9.59 Å². The molecule has 1 atom stereocenters. The first-order valence-electron chi connectivity index (χ1n) is 10.7. The second kappa shape index (κ2) is 8.47. The van der Waals surface area contributed by atoms with Crippen molar-refractivity contribution in [3.63, 3.8) is 0 Å². The Morgan fingerprint density at radius 3 is 2.90 bits per heavy atom. The maximum absolute atomic E-state index is 12.8. The number of anilines is 2. The molecular formula is C22H26N4O4S. The average Bonchev–Trinajstić information content (AvgIpc) is 3.49. The number of thiazole rings is 1. The Balaban J connectivity index is 1.18. The Labute approximate surface area is 185 Å². The van der Waals surface area contributed by atoms with E-state index in [0.717, 1.165) is 36.9 Å². The van der Waals surface area contributed by atoms with Crippen LogP contribution in [0.4, 0.5) is 10.8 Å². The number of carbonyl (C=O) groups excluding carboxylic acids is 2. The molecule has 1 unspecified atom stereocenters. The molecule has 0 radical (unpaired) electrons. The molecular weight excluding hydrogens is 416 g/mol. The molecule has 2 fully saturated rings. The zero-order valence-electron chi connectivity index (χ0n) is 17.5. The molecule has 0 aliphatic carbocycles. The number of piperidine rings is 1.